The second-order valence-electron chi connectivity index (χ2n) is 14.0. The number of hydrogen-bond donors (Lipinski definition) is 1. The van der Waals surface area contributed by atoms with E-state index in [0.29, 0.717) is 32.0 Å². The predicted octanol–water partition coefficient (Wildman–Crippen LogP) is 6.31. The zero-order chi connectivity index (χ0) is 31.2. The minimum absolute atomic E-state index is 0.0111. The van der Waals surface area contributed by atoms with E-state index in [9.17, 15) is 9.59 Å². The maximum Gasteiger partial charge on any atom is 0.242 e. The quantitative estimate of drug-likeness (QED) is 0.273. The average molecular weight is 613 g/mol. The molecule has 2 bridgehead atoms. The Labute approximate surface area is 267 Å². The van der Waals surface area contributed by atoms with Gasteiger partial charge in [0.1, 0.15) is 18.6 Å². The van der Waals surface area contributed by atoms with Crippen molar-refractivity contribution in [2.75, 3.05) is 32.7 Å². The average Bonchev–Trinajstić information content (AvgIpc) is 3.58. The molecule has 45 heavy (non-hydrogen) atoms. The summed E-state index contributed by atoms with van der Waals surface area (Å²) >= 11 is 0. The molecule has 0 radical (unpaired) electrons. The summed E-state index contributed by atoms with van der Waals surface area (Å²) in [6.45, 7) is 8.83. The van der Waals surface area contributed by atoms with Crippen LogP contribution in [0.15, 0.2) is 65.4 Å². The summed E-state index contributed by atoms with van der Waals surface area (Å²) in [4.78, 5) is 34.4. The number of nitrogens with one attached hydrogen (secondary N) is 1. The normalized spacial score (nSPS) is 25.1. The minimum Gasteiger partial charge on any atom is -0.489 e. The van der Waals surface area contributed by atoms with Crippen LogP contribution >= 0.6 is 0 Å². The van der Waals surface area contributed by atoms with Crippen molar-refractivity contribution in [3.63, 3.8) is 0 Å². The molecule has 0 spiro atoms. The maximum atomic E-state index is 13.0. The Morgan fingerprint density at radius 1 is 1.00 bits per heavy atom. The Morgan fingerprint density at radius 2 is 1.73 bits per heavy atom. The number of nitrogens with zero attached hydrogens (tertiary/aromatic N) is 3. The number of aromatic nitrogens is 1. The van der Waals surface area contributed by atoms with Gasteiger partial charge in [-0.2, -0.15) is 0 Å². The lowest BCUT2D eigenvalue weighted by Crippen LogP contribution is -2.51. The SMILES string of the molecule is CCC1CC2CC(C1)CC(C)(CC(=O)NCC(=O)N1CCN(Cc3ccccc3OCc3ccc(-c4ncco4)cc3)CC1)C2. The van der Waals surface area contributed by atoms with Crippen molar-refractivity contribution in [3.05, 3.63) is 72.1 Å². The highest BCUT2D eigenvalue weighted by molar-refractivity contribution is 5.85. The molecule has 1 aliphatic heterocycles. The van der Waals surface area contributed by atoms with Gasteiger partial charge < -0.3 is 19.4 Å². The molecule has 2 aromatic carbocycles. The second-order valence-corrected chi connectivity index (χ2v) is 14.0. The molecule has 2 aliphatic carbocycles. The van der Waals surface area contributed by atoms with Gasteiger partial charge >= 0.3 is 0 Å². The third kappa shape index (κ3) is 8.15. The Hall–Kier alpha value is -3.65. The molecule has 1 saturated heterocycles. The van der Waals surface area contributed by atoms with Gasteiger partial charge in [0.25, 0.3) is 0 Å². The molecule has 8 nitrogen and oxygen atoms in total. The summed E-state index contributed by atoms with van der Waals surface area (Å²) in [5.41, 5.74) is 3.20. The van der Waals surface area contributed by atoms with Crippen LogP contribution in [-0.4, -0.2) is 59.3 Å². The van der Waals surface area contributed by atoms with E-state index < -0.39 is 0 Å². The number of piperazine rings is 1. The van der Waals surface area contributed by atoms with Gasteiger partial charge in [0.05, 0.1) is 12.7 Å². The lowest BCUT2D eigenvalue weighted by atomic mass is 9.58. The fraction of sp³-hybridized carbons (Fsp3) is 0.541. The molecular weight excluding hydrogens is 564 g/mol. The summed E-state index contributed by atoms with van der Waals surface area (Å²) in [6, 6.07) is 16.2. The molecule has 3 aromatic rings. The number of fused-ring (bicyclic) bond motifs is 2. The summed E-state index contributed by atoms with van der Waals surface area (Å²) in [5.74, 6) is 3.91. The minimum atomic E-state index is 0.0111. The first kappa shape index (κ1) is 31.3. The van der Waals surface area contributed by atoms with Crippen LogP contribution in [0.25, 0.3) is 11.5 Å². The molecule has 2 unspecified atom stereocenters. The summed E-state index contributed by atoms with van der Waals surface area (Å²) < 4.78 is 11.6. The second kappa shape index (κ2) is 14.2. The first-order chi connectivity index (χ1) is 21.9. The molecule has 3 aliphatic rings. The van der Waals surface area contributed by atoms with E-state index in [2.05, 4.69) is 35.1 Å². The Bertz CT molecular complexity index is 1400. The van der Waals surface area contributed by atoms with E-state index in [-0.39, 0.29) is 23.8 Å². The molecule has 2 amide bonds. The van der Waals surface area contributed by atoms with Gasteiger partial charge in [0, 0.05) is 50.3 Å². The monoisotopic (exact) mass is 612 g/mol. The highest BCUT2D eigenvalue weighted by atomic mass is 16.5. The molecule has 2 saturated carbocycles. The van der Waals surface area contributed by atoms with Crippen molar-refractivity contribution < 1.29 is 18.7 Å². The van der Waals surface area contributed by atoms with Crippen LogP contribution in [-0.2, 0) is 22.7 Å². The summed E-state index contributed by atoms with van der Waals surface area (Å²) in [5, 5.41) is 2.97. The van der Waals surface area contributed by atoms with Gasteiger partial charge in [-0.1, -0.05) is 50.6 Å². The van der Waals surface area contributed by atoms with Crippen LogP contribution in [0.5, 0.6) is 5.75 Å². The topological polar surface area (TPSA) is 87.9 Å². The van der Waals surface area contributed by atoms with Gasteiger partial charge in [-0.15, -0.1) is 0 Å². The number of oxazole rings is 1. The number of carbonyl (C=O) groups is 2. The lowest BCUT2D eigenvalue weighted by molar-refractivity contribution is -0.135. The van der Waals surface area contributed by atoms with Gasteiger partial charge in [-0.3, -0.25) is 14.5 Å². The zero-order valence-electron chi connectivity index (χ0n) is 26.9. The number of para-hydroxylation sites is 1. The van der Waals surface area contributed by atoms with E-state index in [4.69, 9.17) is 9.15 Å². The van der Waals surface area contributed by atoms with Crippen LogP contribution in [0, 0.1) is 23.2 Å². The molecule has 3 fully saturated rings. The van der Waals surface area contributed by atoms with Crippen LogP contribution in [0.4, 0.5) is 0 Å². The fourth-order valence-electron chi connectivity index (χ4n) is 8.17. The van der Waals surface area contributed by atoms with Crippen LogP contribution < -0.4 is 10.1 Å². The standard InChI is InChI=1S/C37H48N4O4/c1-3-27-18-29-20-30(19-27)22-37(2,21-29)23-34(42)39-24-35(43)41-15-13-40(14-16-41)25-32-6-4-5-7-33(32)45-26-28-8-10-31(11-9-28)36-38-12-17-44-36/h4-12,17,27,29-30H,3,13-16,18-26H2,1-2H3,(H,39,42). The molecule has 2 atom stereocenters. The van der Waals surface area contributed by atoms with Crippen molar-refractivity contribution >= 4 is 11.8 Å². The van der Waals surface area contributed by atoms with Crippen molar-refractivity contribution in [1.82, 2.24) is 20.1 Å². The van der Waals surface area contributed by atoms with Crippen molar-refractivity contribution in [1.29, 1.82) is 0 Å². The van der Waals surface area contributed by atoms with Gasteiger partial charge in [-0.05, 0) is 79.0 Å². The lowest BCUT2D eigenvalue weighted by Gasteiger charge is -2.47. The molecular formula is C37H48N4O4. The Morgan fingerprint density at radius 3 is 2.42 bits per heavy atom. The third-order valence-corrected chi connectivity index (χ3v) is 10.3. The number of benzene rings is 2. The molecule has 2 heterocycles. The molecule has 6 rings (SSSR count). The number of hydrogen-bond acceptors (Lipinski definition) is 6. The van der Waals surface area contributed by atoms with E-state index in [0.717, 1.165) is 72.7 Å². The number of amides is 2. The number of carbonyl (C=O) groups excluding carboxylic acids is 2. The maximum absolute atomic E-state index is 13.0. The highest BCUT2D eigenvalue weighted by Crippen LogP contribution is 2.52. The first-order valence-corrected chi connectivity index (χ1v) is 16.8. The van der Waals surface area contributed by atoms with Crippen LogP contribution in [0.3, 0.4) is 0 Å². The van der Waals surface area contributed by atoms with E-state index in [1.165, 1.54) is 25.7 Å². The third-order valence-electron chi connectivity index (χ3n) is 10.3. The Kier molecular flexibility index (Phi) is 9.88. The number of rotatable bonds is 11. The van der Waals surface area contributed by atoms with Crippen LogP contribution in [0.2, 0.25) is 0 Å². The largest absolute Gasteiger partial charge is 0.489 e. The fourth-order valence-corrected chi connectivity index (χ4v) is 8.17. The Balaban J connectivity index is 0.925. The van der Waals surface area contributed by atoms with Gasteiger partial charge in [0.15, 0.2) is 0 Å². The molecule has 1 aromatic heterocycles. The van der Waals surface area contributed by atoms with Crippen molar-refractivity contribution in [2.24, 2.45) is 23.2 Å². The van der Waals surface area contributed by atoms with Gasteiger partial charge in [0.2, 0.25) is 17.7 Å². The van der Waals surface area contributed by atoms with Crippen molar-refractivity contribution in [2.45, 2.75) is 71.9 Å². The highest BCUT2D eigenvalue weighted by Gasteiger charge is 2.42. The number of ether oxygens (including phenoxy) is 1. The summed E-state index contributed by atoms with van der Waals surface area (Å²) in [7, 11) is 0. The van der Waals surface area contributed by atoms with E-state index >= 15 is 0 Å². The van der Waals surface area contributed by atoms with Gasteiger partial charge in [-0.25, -0.2) is 4.98 Å². The van der Waals surface area contributed by atoms with E-state index in [1.807, 2.05) is 47.4 Å². The molecule has 240 valence electrons. The first-order valence-electron chi connectivity index (χ1n) is 16.8. The zero-order valence-corrected chi connectivity index (χ0v) is 26.9. The van der Waals surface area contributed by atoms with Crippen LogP contribution in [0.1, 0.15) is 69.9 Å². The predicted molar refractivity (Wildman–Crippen MR) is 174 cm³/mol. The summed E-state index contributed by atoms with van der Waals surface area (Å²) in [6.07, 6.45) is 11.3. The molecule has 8 heteroatoms. The van der Waals surface area contributed by atoms with Crippen molar-refractivity contribution in [3.8, 4) is 17.2 Å². The molecule has 1 N–H and O–H groups in total. The smallest absolute Gasteiger partial charge is 0.242 e. The van der Waals surface area contributed by atoms with E-state index in [1.54, 1.807) is 12.5 Å².